The summed E-state index contributed by atoms with van der Waals surface area (Å²) in [5.74, 6) is 0.758. The maximum atomic E-state index is 5.70. The van der Waals surface area contributed by atoms with Crippen LogP contribution in [-0.4, -0.2) is 5.88 Å². The molecule has 1 aromatic carbocycles. The van der Waals surface area contributed by atoms with Crippen molar-refractivity contribution in [1.82, 2.24) is 0 Å². The highest BCUT2D eigenvalue weighted by Gasteiger charge is 2.03. The molecule has 0 saturated carbocycles. The number of aryl methyl sites for hydroxylation is 1. The lowest BCUT2D eigenvalue weighted by Gasteiger charge is -2.08. The lowest BCUT2D eigenvalue weighted by atomic mass is 10.0. The van der Waals surface area contributed by atoms with Gasteiger partial charge in [0.15, 0.2) is 0 Å². The number of halogens is 2. The van der Waals surface area contributed by atoms with Crippen LogP contribution in [0.4, 0.5) is 0 Å². The first kappa shape index (κ1) is 11.3. The first-order chi connectivity index (χ1) is 6.29. The minimum atomic E-state index is 0.758. The standard InChI is InChI=1S/C11H14ClI/c1-2-9-5-3-7-11(13)10(9)6-4-8-12/h3,5,7H,2,4,6,8H2,1H3. The molecule has 0 unspecified atom stereocenters. The van der Waals surface area contributed by atoms with Gasteiger partial charge in [-0.2, -0.15) is 0 Å². The van der Waals surface area contributed by atoms with Crippen molar-refractivity contribution in [3.05, 3.63) is 32.9 Å². The molecule has 1 aromatic rings. The Morgan fingerprint density at radius 3 is 2.77 bits per heavy atom. The largest absolute Gasteiger partial charge is 0.127 e. The first-order valence-electron chi connectivity index (χ1n) is 4.61. The zero-order chi connectivity index (χ0) is 9.68. The molecule has 72 valence electrons. The van der Waals surface area contributed by atoms with Crippen LogP contribution in [-0.2, 0) is 12.8 Å². The minimum Gasteiger partial charge on any atom is -0.127 e. The summed E-state index contributed by atoms with van der Waals surface area (Å²) in [7, 11) is 0. The molecule has 13 heavy (non-hydrogen) atoms. The highest BCUT2D eigenvalue weighted by Crippen LogP contribution is 2.19. The Morgan fingerprint density at radius 2 is 2.15 bits per heavy atom. The van der Waals surface area contributed by atoms with Crippen LogP contribution >= 0.6 is 34.2 Å². The first-order valence-corrected chi connectivity index (χ1v) is 6.23. The Bertz CT molecular complexity index is 271. The van der Waals surface area contributed by atoms with Gasteiger partial charge in [0.25, 0.3) is 0 Å². The van der Waals surface area contributed by atoms with Crippen LogP contribution in [0, 0.1) is 3.57 Å². The summed E-state index contributed by atoms with van der Waals surface area (Å²) in [4.78, 5) is 0. The molecule has 0 aliphatic carbocycles. The average molecular weight is 309 g/mol. The molecule has 0 atom stereocenters. The molecule has 0 aromatic heterocycles. The van der Waals surface area contributed by atoms with Crippen LogP contribution < -0.4 is 0 Å². The van der Waals surface area contributed by atoms with Crippen molar-refractivity contribution in [2.45, 2.75) is 26.2 Å². The highest BCUT2D eigenvalue weighted by atomic mass is 127. The van der Waals surface area contributed by atoms with Gasteiger partial charge in [0.2, 0.25) is 0 Å². The van der Waals surface area contributed by atoms with Gasteiger partial charge in [-0.15, -0.1) is 11.6 Å². The van der Waals surface area contributed by atoms with Crippen LogP contribution in [0.5, 0.6) is 0 Å². The van der Waals surface area contributed by atoms with Gasteiger partial charge in [-0.1, -0.05) is 19.1 Å². The van der Waals surface area contributed by atoms with Crippen molar-refractivity contribution in [2.75, 3.05) is 5.88 Å². The molecule has 0 aliphatic heterocycles. The molecule has 0 aliphatic rings. The topological polar surface area (TPSA) is 0 Å². The third-order valence-electron chi connectivity index (χ3n) is 2.16. The second-order valence-electron chi connectivity index (χ2n) is 3.02. The van der Waals surface area contributed by atoms with E-state index in [2.05, 4.69) is 47.7 Å². The van der Waals surface area contributed by atoms with Gasteiger partial charge in [0.05, 0.1) is 0 Å². The average Bonchev–Trinajstić information content (AvgIpc) is 2.15. The molecule has 0 N–H and O–H groups in total. The van der Waals surface area contributed by atoms with E-state index >= 15 is 0 Å². The number of hydrogen-bond donors (Lipinski definition) is 0. The summed E-state index contributed by atoms with van der Waals surface area (Å²) in [6.07, 6.45) is 3.31. The summed E-state index contributed by atoms with van der Waals surface area (Å²) in [6.45, 7) is 2.20. The minimum absolute atomic E-state index is 0.758. The van der Waals surface area contributed by atoms with Crippen molar-refractivity contribution < 1.29 is 0 Å². The van der Waals surface area contributed by atoms with E-state index in [-0.39, 0.29) is 0 Å². The Kier molecular flexibility index (Phi) is 5.10. The Hall–Kier alpha value is 0.240. The zero-order valence-electron chi connectivity index (χ0n) is 7.82. The van der Waals surface area contributed by atoms with E-state index in [0.717, 1.165) is 25.1 Å². The Morgan fingerprint density at radius 1 is 1.38 bits per heavy atom. The van der Waals surface area contributed by atoms with Gasteiger partial charge < -0.3 is 0 Å². The molecule has 0 amide bonds. The van der Waals surface area contributed by atoms with Crippen molar-refractivity contribution in [2.24, 2.45) is 0 Å². The van der Waals surface area contributed by atoms with Gasteiger partial charge in [-0.05, 0) is 59.0 Å². The lowest BCUT2D eigenvalue weighted by molar-refractivity contribution is 0.899. The molecular formula is C11H14ClI. The van der Waals surface area contributed by atoms with E-state index in [0.29, 0.717) is 0 Å². The highest BCUT2D eigenvalue weighted by molar-refractivity contribution is 14.1. The predicted octanol–water partition coefficient (Wildman–Crippen LogP) is 4.03. The third kappa shape index (κ3) is 3.13. The second kappa shape index (κ2) is 5.86. The normalized spacial score (nSPS) is 10.4. The summed E-state index contributed by atoms with van der Waals surface area (Å²) < 4.78 is 1.38. The van der Waals surface area contributed by atoms with Crippen molar-refractivity contribution in [1.29, 1.82) is 0 Å². The molecule has 1 rings (SSSR count). The fourth-order valence-electron chi connectivity index (χ4n) is 1.46. The quantitative estimate of drug-likeness (QED) is 0.582. The van der Waals surface area contributed by atoms with E-state index in [1.807, 2.05) is 0 Å². The van der Waals surface area contributed by atoms with Crippen molar-refractivity contribution in [3.8, 4) is 0 Å². The smallest absolute Gasteiger partial charge is 0.0226 e. The Balaban J connectivity index is 2.87. The molecule has 2 heteroatoms. The summed E-state index contributed by atoms with van der Waals surface area (Å²) in [5.41, 5.74) is 2.96. The molecule has 0 fully saturated rings. The maximum absolute atomic E-state index is 5.70. The lowest BCUT2D eigenvalue weighted by Crippen LogP contribution is -1.96. The molecule has 0 bridgehead atoms. The number of hydrogen-bond acceptors (Lipinski definition) is 0. The predicted molar refractivity (Wildman–Crippen MR) is 67.6 cm³/mol. The van der Waals surface area contributed by atoms with Gasteiger partial charge in [0.1, 0.15) is 0 Å². The number of alkyl halides is 1. The van der Waals surface area contributed by atoms with Crippen molar-refractivity contribution in [3.63, 3.8) is 0 Å². The molecule has 0 saturated heterocycles. The fourth-order valence-corrected chi connectivity index (χ4v) is 2.42. The second-order valence-corrected chi connectivity index (χ2v) is 4.56. The number of rotatable bonds is 4. The van der Waals surface area contributed by atoms with E-state index in [4.69, 9.17) is 11.6 Å². The summed E-state index contributed by atoms with van der Waals surface area (Å²) in [6, 6.07) is 6.51. The van der Waals surface area contributed by atoms with Crippen LogP contribution in [0.25, 0.3) is 0 Å². The van der Waals surface area contributed by atoms with Crippen LogP contribution in [0.1, 0.15) is 24.5 Å². The molecule has 0 radical (unpaired) electrons. The van der Waals surface area contributed by atoms with Gasteiger partial charge in [-0.3, -0.25) is 0 Å². The molecule has 0 nitrogen and oxygen atoms in total. The van der Waals surface area contributed by atoms with E-state index in [1.54, 1.807) is 0 Å². The van der Waals surface area contributed by atoms with Crippen LogP contribution in [0.15, 0.2) is 18.2 Å². The van der Waals surface area contributed by atoms with Gasteiger partial charge >= 0.3 is 0 Å². The van der Waals surface area contributed by atoms with Crippen molar-refractivity contribution >= 4 is 34.2 Å². The molecule has 0 heterocycles. The Labute approximate surface area is 98.8 Å². The zero-order valence-corrected chi connectivity index (χ0v) is 10.7. The van der Waals surface area contributed by atoms with E-state index in [9.17, 15) is 0 Å². The summed E-state index contributed by atoms with van der Waals surface area (Å²) >= 11 is 8.10. The number of benzene rings is 1. The van der Waals surface area contributed by atoms with Gasteiger partial charge in [0, 0.05) is 9.45 Å². The molecule has 0 spiro atoms. The van der Waals surface area contributed by atoms with Crippen LogP contribution in [0.2, 0.25) is 0 Å². The van der Waals surface area contributed by atoms with Gasteiger partial charge in [-0.25, -0.2) is 0 Å². The van der Waals surface area contributed by atoms with Crippen LogP contribution in [0.3, 0.4) is 0 Å². The third-order valence-corrected chi connectivity index (χ3v) is 3.44. The molecular weight excluding hydrogens is 294 g/mol. The maximum Gasteiger partial charge on any atom is 0.0226 e. The van der Waals surface area contributed by atoms with E-state index in [1.165, 1.54) is 14.7 Å². The van der Waals surface area contributed by atoms with E-state index < -0.39 is 0 Å². The monoisotopic (exact) mass is 308 g/mol. The summed E-state index contributed by atoms with van der Waals surface area (Å²) in [5, 5.41) is 0. The fraction of sp³-hybridized carbons (Fsp3) is 0.455. The SMILES string of the molecule is CCc1cccc(I)c1CCCCl.